The van der Waals surface area contributed by atoms with Gasteiger partial charge in [0.1, 0.15) is 12.5 Å². The van der Waals surface area contributed by atoms with Crippen LogP contribution in [0.4, 0.5) is 0 Å². The van der Waals surface area contributed by atoms with Gasteiger partial charge in [0.05, 0.1) is 6.54 Å². The van der Waals surface area contributed by atoms with Crippen molar-refractivity contribution in [2.45, 2.75) is 13.2 Å². The fraction of sp³-hybridized carbons (Fsp3) is 0.300. The number of alkyl halides is 1. The summed E-state index contributed by atoms with van der Waals surface area (Å²) >= 11 is 5.44. The van der Waals surface area contributed by atoms with Crippen LogP contribution in [0.15, 0.2) is 24.3 Å². The standard InChI is InChI=1S/C10H10ClNO2/c11-5-10(13)12-6-8-3-1-2-4-9(8)7-14-12/h1-4H,5-7H2. The first-order valence-electron chi connectivity index (χ1n) is 4.37. The van der Waals surface area contributed by atoms with Crippen molar-refractivity contribution in [1.29, 1.82) is 0 Å². The summed E-state index contributed by atoms with van der Waals surface area (Å²) in [6.07, 6.45) is 0. The zero-order valence-corrected chi connectivity index (χ0v) is 8.33. The van der Waals surface area contributed by atoms with E-state index < -0.39 is 0 Å². The van der Waals surface area contributed by atoms with Crippen LogP contribution < -0.4 is 0 Å². The van der Waals surface area contributed by atoms with Crippen molar-refractivity contribution in [2.75, 3.05) is 5.88 Å². The molecular weight excluding hydrogens is 202 g/mol. The zero-order chi connectivity index (χ0) is 9.97. The molecule has 0 atom stereocenters. The molecule has 1 heterocycles. The van der Waals surface area contributed by atoms with Crippen molar-refractivity contribution in [1.82, 2.24) is 5.06 Å². The summed E-state index contributed by atoms with van der Waals surface area (Å²) in [7, 11) is 0. The van der Waals surface area contributed by atoms with Crippen molar-refractivity contribution >= 4 is 17.5 Å². The van der Waals surface area contributed by atoms with E-state index >= 15 is 0 Å². The molecule has 3 nitrogen and oxygen atoms in total. The van der Waals surface area contributed by atoms with Gasteiger partial charge in [0, 0.05) is 0 Å². The van der Waals surface area contributed by atoms with Crippen molar-refractivity contribution in [3.8, 4) is 0 Å². The third kappa shape index (κ3) is 1.74. The highest BCUT2D eigenvalue weighted by atomic mass is 35.5. The Morgan fingerprint density at radius 1 is 1.43 bits per heavy atom. The van der Waals surface area contributed by atoms with Crippen LogP contribution in [0.25, 0.3) is 0 Å². The van der Waals surface area contributed by atoms with Crippen molar-refractivity contribution < 1.29 is 9.63 Å². The predicted molar refractivity (Wildman–Crippen MR) is 52.5 cm³/mol. The summed E-state index contributed by atoms with van der Waals surface area (Å²) in [4.78, 5) is 16.5. The second-order valence-electron chi connectivity index (χ2n) is 3.11. The van der Waals surface area contributed by atoms with Crippen molar-refractivity contribution in [3.63, 3.8) is 0 Å². The van der Waals surface area contributed by atoms with E-state index in [9.17, 15) is 4.79 Å². The molecule has 0 radical (unpaired) electrons. The quantitative estimate of drug-likeness (QED) is 0.662. The second-order valence-corrected chi connectivity index (χ2v) is 3.37. The summed E-state index contributed by atoms with van der Waals surface area (Å²) in [6, 6.07) is 7.90. The molecule has 0 bridgehead atoms. The number of carbonyl (C=O) groups is 1. The van der Waals surface area contributed by atoms with Gasteiger partial charge >= 0.3 is 0 Å². The highest BCUT2D eigenvalue weighted by molar-refractivity contribution is 6.27. The van der Waals surface area contributed by atoms with Crippen LogP contribution in [0.2, 0.25) is 0 Å². The predicted octanol–water partition coefficient (Wildman–Crippen LogP) is 1.70. The summed E-state index contributed by atoms with van der Waals surface area (Å²) < 4.78 is 0. The number of fused-ring (bicyclic) bond motifs is 1. The average Bonchev–Trinajstić information content (AvgIpc) is 2.27. The maximum Gasteiger partial charge on any atom is 0.261 e. The van der Waals surface area contributed by atoms with Crippen LogP contribution in [-0.2, 0) is 22.8 Å². The molecule has 0 aromatic heterocycles. The van der Waals surface area contributed by atoms with Gasteiger partial charge in [-0.25, -0.2) is 5.06 Å². The molecule has 1 amide bonds. The van der Waals surface area contributed by atoms with Gasteiger partial charge in [-0.2, -0.15) is 0 Å². The number of benzene rings is 1. The minimum atomic E-state index is -0.193. The second kappa shape index (κ2) is 3.98. The van der Waals surface area contributed by atoms with Gasteiger partial charge in [0.25, 0.3) is 5.91 Å². The Morgan fingerprint density at radius 2 is 2.14 bits per heavy atom. The molecule has 0 saturated heterocycles. The number of hydrogen-bond donors (Lipinski definition) is 0. The van der Waals surface area contributed by atoms with Crippen LogP contribution >= 0.6 is 11.6 Å². The van der Waals surface area contributed by atoms with Gasteiger partial charge in [-0.1, -0.05) is 24.3 Å². The molecule has 1 aromatic rings. The Bertz CT molecular complexity index is 354. The Morgan fingerprint density at radius 3 is 2.86 bits per heavy atom. The fourth-order valence-corrected chi connectivity index (χ4v) is 1.56. The minimum Gasteiger partial charge on any atom is -0.271 e. The lowest BCUT2D eigenvalue weighted by Gasteiger charge is -2.27. The molecule has 0 spiro atoms. The summed E-state index contributed by atoms with van der Waals surface area (Å²) in [5.74, 6) is -0.233. The fourth-order valence-electron chi connectivity index (χ4n) is 1.43. The third-order valence-electron chi connectivity index (χ3n) is 2.20. The average molecular weight is 212 g/mol. The Balaban J connectivity index is 2.17. The Hall–Kier alpha value is -1.06. The van der Waals surface area contributed by atoms with E-state index in [-0.39, 0.29) is 11.8 Å². The molecule has 0 aliphatic carbocycles. The van der Waals surface area contributed by atoms with E-state index in [2.05, 4.69) is 0 Å². The number of rotatable bonds is 1. The molecule has 0 N–H and O–H groups in total. The van der Waals surface area contributed by atoms with E-state index in [1.54, 1.807) is 0 Å². The normalized spacial score (nSPS) is 15.1. The number of nitrogens with zero attached hydrogens (tertiary/aromatic N) is 1. The number of halogens is 1. The van der Waals surface area contributed by atoms with Gasteiger partial charge in [-0.05, 0) is 11.1 Å². The van der Waals surface area contributed by atoms with Gasteiger partial charge < -0.3 is 0 Å². The van der Waals surface area contributed by atoms with E-state index in [0.717, 1.165) is 11.1 Å². The first kappa shape index (κ1) is 9.49. The highest BCUT2D eigenvalue weighted by Crippen LogP contribution is 2.19. The van der Waals surface area contributed by atoms with Crippen LogP contribution in [0.3, 0.4) is 0 Å². The topological polar surface area (TPSA) is 29.5 Å². The lowest BCUT2D eigenvalue weighted by molar-refractivity contribution is -0.198. The highest BCUT2D eigenvalue weighted by Gasteiger charge is 2.20. The Labute approximate surface area is 87.2 Å². The minimum absolute atomic E-state index is 0.0395. The van der Waals surface area contributed by atoms with Crippen LogP contribution in [-0.4, -0.2) is 16.9 Å². The van der Waals surface area contributed by atoms with E-state index in [4.69, 9.17) is 16.4 Å². The van der Waals surface area contributed by atoms with Crippen molar-refractivity contribution in [3.05, 3.63) is 35.4 Å². The SMILES string of the molecule is O=C(CCl)N1Cc2ccccc2CO1. The smallest absolute Gasteiger partial charge is 0.261 e. The molecule has 4 heteroatoms. The Kier molecular flexibility index (Phi) is 2.70. The maximum absolute atomic E-state index is 11.2. The first-order valence-corrected chi connectivity index (χ1v) is 4.91. The maximum atomic E-state index is 11.2. The number of hydroxylamine groups is 2. The molecule has 2 rings (SSSR count). The lowest BCUT2D eigenvalue weighted by atomic mass is 10.1. The third-order valence-corrected chi connectivity index (χ3v) is 2.43. The lowest BCUT2D eigenvalue weighted by Crippen LogP contribution is -2.34. The molecule has 1 aliphatic heterocycles. The molecule has 1 aromatic carbocycles. The molecule has 0 saturated carbocycles. The molecule has 0 fully saturated rings. The zero-order valence-electron chi connectivity index (χ0n) is 7.57. The summed E-state index contributed by atoms with van der Waals surface area (Å²) in [5.41, 5.74) is 2.25. The molecule has 74 valence electrons. The van der Waals surface area contributed by atoms with Gasteiger partial charge in [0.15, 0.2) is 0 Å². The van der Waals surface area contributed by atoms with Crippen LogP contribution in [0, 0.1) is 0 Å². The van der Waals surface area contributed by atoms with E-state index in [0.29, 0.717) is 13.2 Å². The van der Waals surface area contributed by atoms with Gasteiger partial charge in [-0.3, -0.25) is 9.63 Å². The molecule has 0 unspecified atom stereocenters. The van der Waals surface area contributed by atoms with Gasteiger partial charge in [0.2, 0.25) is 0 Å². The number of amides is 1. The van der Waals surface area contributed by atoms with Crippen LogP contribution in [0.1, 0.15) is 11.1 Å². The van der Waals surface area contributed by atoms with Crippen molar-refractivity contribution in [2.24, 2.45) is 0 Å². The van der Waals surface area contributed by atoms with E-state index in [1.807, 2.05) is 24.3 Å². The largest absolute Gasteiger partial charge is 0.271 e. The molecule has 14 heavy (non-hydrogen) atoms. The van der Waals surface area contributed by atoms with Gasteiger partial charge in [-0.15, -0.1) is 11.6 Å². The molecular formula is C10H10ClNO2. The summed E-state index contributed by atoms with van der Waals surface area (Å²) in [5, 5.41) is 1.31. The first-order chi connectivity index (χ1) is 6.81. The van der Waals surface area contributed by atoms with Crippen LogP contribution in [0.5, 0.6) is 0 Å². The molecule has 1 aliphatic rings. The number of carbonyl (C=O) groups excluding carboxylic acids is 1. The number of hydrogen-bond acceptors (Lipinski definition) is 2. The van der Waals surface area contributed by atoms with E-state index in [1.165, 1.54) is 5.06 Å². The summed E-state index contributed by atoms with van der Waals surface area (Å²) in [6.45, 7) is 0.931. The monoisotopic (exact) mass is 211 g/mol.